The molecule has 10 heteroatoms. The van der Waals surface area contributed by atoms with E-state index in [2.05, 4.69) is 21.7 Å². The molecule has 1 amide bonds. The molecule has 1 saturated carbocycles. The fourth-order valence-corrected chi connectivity index (χ4v) is 4.56. The van der Waals surface area contributed by atoms with Crippen LogP contribution < -0.4 is 4.90 Å². The van der Waals surface area contributed by atoms with E-state index in [1.165, 1.54) is 30.7 Å². The molecule has 2 heterocycles. The molecule has 154 valence electrons. The fourth-order valence-electron chi connectivity index (χ4n) is 3.65. The minimum Gasteiger partial charge on any atom is -0.362 e. The number of nitro benzene ring substituents is 1. The van der Waals surface area contributed by atoms with Gasteiger partial charge in [0.1, 0.15) is 11.5 Å². The van der Waals surface area contributed by atoms with Crippen LogP contribution in [0.3, 0.4) is 0 Å². The maximum Gasteiger partial charge on any atom is 0.292 e. The van der Waals surface area contributed by atoms with Crippen molar-refractivity contribution in [3.63, 3.8) is 0 Å². The zero-order chi connectivity index (χ0) is 20.4. The maximum absolute atomic E-state index is 12.7. The van der Waals surface area contributed by atoms with Crippen LogP contribution in [0, 0.1) is 10.1 Å². The lowest BCUT2D eigenvalue weighted by atomic mass is 10.2. The number of aromatic nitrogens is 3. The molecule has 29 heavy (non-hydrogen) atoms. The van der Waals surface area contributed by atoms with Crippen LogP contribution in [0.1, 0.15) is 31.5 Å². The highest BCUT2D eigenvalue weighted by Crippen LogP contribution is 2.40. The molecule has 1 saturated heterocycles. The number of nitro groups is 1. The summed E-state index contributed by atoms with van der Waals surface area (Å²) in [5, 5.41) is 20.6. The minimum absolute atomic E-state index is 0.0656. The van der Waals surface area contributed by atoms with Crippen LogP contribution in [-0.4, -0.2) is 62.4 Å². The molecule has 1 aromatic carbocycles. The number of carbonyl (C=O) groups excluding carboxylic acids is 1. The third-order valence-electron chi connectivity index (χ3n) is 5.38. The SMILES string of the molecule is CCn1c(SCC(=O)N2CCN(c3ccccc3[N+](=O)[O-])CC2)nnc1C1CC1. The molecule has 0 spiro atoms. The van der Waals surface area contributed by atoms with E-state index >= 15 is 0 Å². The number of nitrogens with zero attached hydrogens (tertiary/aromatic N) is 6. The van der Waals surface area contributed by atoms with E-state index in [1.54, 1.807) is 18.2 Å². The predicted molar refractivity (Wildman–Crippen MR) is 110 cm³/mol. The van der Waals surface area contributed by atoms with Crippen LogP contribution in [0.25, 0.3) is 0 Å². The summed E-state index contributed by atoms with van der Waals surface area (Å²) in [7, 11) is 0. The van der Waals surface area contributed by atoms with Crippen molar-refractivity contribution in [2.75, 3.05) is 36.8 Å². The lowest BCUT2D eigenvalue weighted by molar-refractivity contribution is -0.384. The lowest BCUT2D eigenvalue weighted by Crippen LogP contribution is -2.49. The number of hydrogen-bond acceptors (Lipinski definition) is 7. The Morgan fingerprint density at radius 2 is 1.93 bits per heavy atom. The first-order chi connectivity index (χ1) is 14.1. The summed E-state index contributed by atoms with van der Waals surface area (Å²) >= 11 is 1.44. The Balaban J connectivity index is 1.32. The van der Waals surface area contributed by atoms with E-state index in [9.17, 15) is 14.9 Å². The normalized spacial score (nSPS) is 16.9. The summed E-state index contributed by atoms with van der Waals surface area (Å²) in [6.45, 7) is 5.15. The Morgan fingerprint density at radius 1 is 1.21 bits per heavy atom. The van der Waals surface area contributed by atoms with E-state index in [-0.39, 0.29) is 16.5 Å². The number of amides is 1. The van der Waals surface area contributed by atoms with Gasteiger partial charge in [0.25, 0.3) is 5.69 Å². The van der Waals surface area contributed by atoms with Crippen LogP contribution in [0.15, 0.2) is 29.4 Å². The molecule has 2 aromatic rings. The van der Waals surface area contributed by atoms with Gasteiger partial charge in [-0.2, -0.15) is 0 Å². The molecule has 1 aromatic heterocycles. The van der Waals surface area contributed by atoms with Gasteiger partial charge in [-0.25, -0.2) is 0 Å². The number of rotatable bonds is 7. The van der Waals surface area contributed by atoms with Crippen molar-refractivity contribution in [2.24, 2.45) is 0 Å². The summed E-state index contributed by atoms with van der Waals surface area (Å²) in [5.41, 5.74) is 0.718. The molecule has 1 aliphatic carbocycles. The van der Waals surface area contributed by atoms with Crippen LogP contribution in [0.4, 0.5) is 11.4 Å². The summed E-state index contributed by atoms with van der Waals surface area (Å²) < 4.78 is 2.11. The Morgan fingerprint density at radius 3 is 2.59 bits per heavy atom. The number of anilines is 1. The fraction of sp³-hybridized carbons (Fsp3) is 0.526. The van der Waals surface area contributed by atoms with Crippen molar-refractivity contribution >= 4 is 29.0 Å². The Kier molecular flexibility index (Phi) is 5.70. The Hall–Kier alpha value is -2.62. The highest BCUT2D eigenvalue weighted by Gasteiger charge is 2.30. The van der Waals surface area contributed by atoms with Crippen molar-refractivity contribution in [2.45, 2.75) is 37.4 Å². The molecule has 2 fully saturated rings. The number of hydrogen-bond donors (Lipinski definition) is 0. The largest absolute Gasteiger partial charge is 0.362 e. The highest BCUT2D eigenvalue weighted by molar-refractivity contribution is 7.99. The summed E-state index contributed by atoms with van der Waals surface area (Å²) in [5.74, 6) is 1.97. The van der Waals surface area contributed by atoms with E-state index in [4.69, 9.17) is 0 Å². The average Bonchev–Trinajstić information content (AvgIpc) is 3.51. The second-order valence-electron chi connectivity index (χ2n) is 7.26. The van der Waals surface area contributed by atoms with Crippen LogP contribution >= 0.6 is 11.8 Å². The van der Waals surface area contributed by atoms with Gasteiger partial charge in [-0.3, -0.25) is 14.9 Å². The van der Waals surface area contributed by atoms with Gasteiger partial charge in [-0.05, 0) is 25.8 Å². The maximum atomic E-state index is 12.7. The van der Waals surface area contributed by atoms with Crippen LogP contribution in [0.2, 0.25) is 0 Å². The summed E-state index contributed by atoms with van der Waals surface area (Å²) in [6, 6.07) is 6.75. The molecular formula is C19H24N6O3S. The molecule has 0 unspecified atom stereocenters. The van der Waals surface area contributed by atoms with Gasteiger partial charge in [0.15, 0.2) is 5.16 Å². The first kappa shape index (κ1) is 19.7. The van der Waals surface area contributed by atoms with Crippen molar-refractivity contribution in [1.29, 1.82) is 0 Å². The zero-order valence-electron chi connectivity index (χ0n) is 16.4. The third kappa shape index (κ3) is 4.21. The van der Waals surface area contributed by atoms with E-state index in [0.29, 0.717) is 43.5 Å². The lowest BCUT2D eigenvalue weighted by Gasteiger charge is -2.35. The first-order valence-electron chi connectivity index (χ1n) is 9.90. The van der Waals surface area contributed by atoms with Gasteiger partial charge in [-0.1, -0.05) is 23.9 Å². The van der Waals surface area contributed by atoms with Crippen molar-refractivity contribution in [1.82, 2.24) is 19.7 Å². The standard InChI is InChI=1S/C19H24N6O3S/c1-2-24-18(14-7-8-14)20-21-19(24)29-13-17(26)23-11-9-22(10-12-23)15-5-3-4-6-16(15)25(27)28/h3-6,14H,2,7-13H2,1H3. The van der Waals surface area contributed by atoms with E-state index in [1.807, 2.05) is 9.80 Å². The smallest absolute Gasteiger partial charge is 0.292 e. The minimum atomic E-state index is -0.358. The molecular weight excluding hydrogens is 392 g/mol. The monoisotopic (exact) mass is 416 g/mol. The van der Waals surface area contributed by atoms with Gasteiger partial charge < -0.3 is 14.4 Å². The number of para-hydroxylation sites is 2. The topological polar surface area (TPSA) is 97.4 Å². The highest BCUT2D eigenvalue weighted by atomic mass is 32.2. The molecule has 9 nitrogen and oxygen atoms in total. The second kappa shape index (κ2) is 8.40. The molecule has 0 atom stereocenters. The second-order valence-corrected chi connectivity index (χ2v) is 8.20. The van der Waals surface area contributed by atoms with E-state index < -0.39 is 0 Å². The average molecular weight is 417 g/mol. The van der Waals surface area contributed by atoms with Gasteiger partial charge in [-0.15, -0.1) is 10.2 Å². The quantitative estimate of drug-likeness (QED) is 0.389. The van der Waals surface area contributed by atoms with Crippen molar-refractivity contribution < 1.29 is 9.72 Å². The Bertz CT molecular complexity index is 905. The Labute approximate surface area is 173 Å². The number of piperazine rings is 1. The number of carbonyl (C=O) groups is 1. The zero-order valence-corrected chi connectivity index (χ0v) is 17.2. The van der Waals surface area contributed by atoms with Gasteiger partial charge in [0, 0.05) is 44.7 Å². The number of benzene rings is 1. The van der Waals surface area contributed by atoms with Gasteiger partial charge in [0.2, 0.25) is 5.91 Å². The molecule has 0 bridgehead atoms. The van der Waals surface area contributed by atoms with Crippen molar-refractivity contribution in [3.05, 3.63) is 40.2 Å². The van der Waals surface area contributed by atoms with Gasteiger partial charge >= 0.3 is 0 Å². The first-order valence-corrected chi connectivity index (χ1v) is 10.9. The van der Waals surface area contributed by atoms with Crippen LogP contribution in [-0.2, 0) is 11.3 Å². The van der Waals surface area contributed by atoms with Crippen LogP contribution in [0.5, 0.6) is 0 Å². The van der Waals surface area contributed by atoms with Gasteiger partial charge in [0.05, 0.1) is 10.7 Å². The molecule has 2 aliphatic rings. The summed E-state index contributed by atoms with van der Waals surface area (Å²) in [6.07, 6.45) is 2.34. The predicted octanol–water partition coefficient (Wildman–Crippen LogP) is 2.52. The third-order valence-corrected chi connectivity index (χ3v) is 6.33. The molecule has 4 rings (SSSR count). The number of thioether (sulfide) groups is 1. The van der Waals surface area contributed by atoms with E-state index in [0.717, 1.165) is 17.5 Å². The molecule has 1 aliphatic heterocycles. The summed E-state index contributed by atoms with van der Waals surface area (Å²) in [4.78, 5) is 27.4. The van der Waals surface area contributed by atoms with Crippen molar-refractivity contribution in [3.8, 4) is 0 Å². The molecule has 0 N–H and O–H groups in total. The molecule has 0 radical (unpaired) electrons.